The molecule has 0 atom stereocenters. The monoisotopic (exact) mass is 425 g/mol. The molecule has 0 amide bonds. The fourth-order valence-electron chi connectivity index (χ4n) is 3.32. The lowest BCUT2D eigenvalue weighted by molar-refractivity contribution is -0.137. The fraction of sp³-hybridized carbons (Fsp3) is 0.214. The zero-order valence-electron chi connectivity index (χ0n) is 18.1. The van der Waals surface area contributed by atoms with Crippen molar-refractivity contribution in [3.63, 3.8) is 0 Å². The molecule has 0 aliphatic rings. The summed E-state index contributed by atoms with van der Waals surface area (Å²) in [6.07, 6.45) is 5.05. The Morgan fingerprint density at radius 1 is 0.750 bits per heavy atom. The van der Waals surface area contributed by atoms with Gasteiger partial charge in [0.2, 0.25) is 0 Å². The lowest BCUT2D eigenvalue weighted by Gasteiger charge is -2.08. The van der Waals surface area contributed by atoms with Crippen LogP contribution in [-0.4, -0.2) is 19.2 Å². The number of unbranched alkanes of at least 4 members (excludes halogenated alkanes) is 3. The van der Waals surface area contributed by atoms with Gasteiger partial charge in [-0.05, 0) is 72.2 Å². The molecule has 4 nitrogen and oxygen atoms in total. The van der Waals surface area contributed by atoms with Crippen LogP contribution in [0.25, 0.3) is 22.3 Å². The molecular formula is C28H27NO3. The first-order chi connectivity index (χ1) is 15.7. The highest BCUT2D eigenvalue weighted by Crippen LogP contribution is 2.26. The molecule has 3 rings (SSSR count). The van der Waals surface area contributed by atoms with E-state index in [1.807, 2.05) is 36.4 Å². The summed E-state index contributed by atoms with van der Waals surface area (Å²) in [5.41, 5.74) is 5.16. The number of rotatable bonds is 11. The summed E-state index contributed by atoms with van der Waals surface area (Å²) >= 11 is 0. The van der Waals surface area contributed by atoms with Crippen molar-refractivity contribution in [2.75, 3.05) is 13.2 Å². The van der Waals surface area contributed by atoms with Gasteiger partial charge in [-0.2, -0.15) is 5.26 Å². The van der Waals surface area contributed by atoms with E-state index in [-0.39, 0.29) is 5.97 Å². The van der Waals surface area contributed by atoms with E-state index in [4.69, 9.17) is 14.7 Å². The Balaban J connectivity index is 1.42. The molecule has 0 unspecified atom stereocenters. The van der Waals surface area contributed by atoms with Gasteiger partial charge in [-0.15, -0.1) is 0 Å². The zero-order chi connectivity index (χ0) is 22.6. The summed E-state index contributed by atoms with van der Waals surface area (Å²) in [6.45, 7) is 4.49. The van der Waals surface area contributed by atoms with Crippen molar-refractivity contribution in [3.05, 3.63) is 91.0 Å². The Morgan fingerprint density at radius 2 is 1.22 bits per heavy atom. The lowest BCUT2D eigenvalue weighted by atomic mass is 10.00. The maximum atomic E-state index is 10.9. The Kier molecular flexibility index (Phi) is 8.65. The van der Waals surface area contributed by atoms with E-state index >= 15 is 0 Å². The maximum Gasteiger partial charge on any atom is 0.330 e. The summed E-state index contributed by atoms with van der Waals surface area (Å²) in [5, 5.41) is 8.93. The number of carbonyl (C=O) groups excluding carboxylic acids is 1. The van der Waals surface area contributed by atoms with E-state index in [9.17, 15) is 4.79 Å². The molecule has 162 valence electrons. The average molecular weight is 426 g/mol. The molecule has 0 aliphatic carbocycles. The van der Waals surface area contributed by atoms with Gasteiger partial charge in [-0.25, -0.2) is 4.79 Å². The Hall–Kier alpha value is -3.84. The molecule has 0 saturated carbocycles. The van der Waals surface area contributed by atoms with E-state index in [2.05, 4.69) is 49.0 Å². The molecule has 3 aromatic rings. The largest absolute Gasteiger partial charge is 0.494 e. The maximum absolute atomic E-state index is 10.9. The Labute approximate surface area is 189 Å². The van der Waals surface area contributed by atoms with Gasteiger partial charge in [0.05, 0.1) is 24.8 Å². The normalized spacial score (nSPS) is 10.2. The van der Waals surface area contributed by atoms with Crippen molar-refractivity contribution in [2.45, 2.75) is 25.7 Å². The summed E-state index contributed by atoms with van der Waals surface area (Å²) < 4.78 is 10.8. The highest BCUT2D eigenvalue weighted by molar-refractivity contribution is 5.81. The van der Waals surface area contributed by atoms with Crippen LogP contribution < -0.4 is 4.74 Å². The molecule has 0 heterocycles. The van der Waals surface area contributed by atoms with Gasteiger partial charge in [0, 0.05) is 6.08 Å². The van der Waals surface area contributed by atoms with Crippen LogP contribution in [-0.2, 0) is 9.53 Å². The van der Waals surface area contributed by atoms with Crippen molar-refractivity contribution < 1.29 is 14.3 Å². The number of nitrogens with zero attached hydrogens (tertiary/aromatic N) is 1. The number of nitriles is 1. The van der Waals surface area contributed by atoms with Gasteiger partial charge in [0.15, 0.2) is 0 Å². The lowest BCUT2D eigenvalue weighted by Crippen LogP contribution is -2.02. The molecule has 0 fully saturated rings. The number of ether oxygens (including phenoxy) is 2. The predicted molar refractivity (Wildman–Crippen MR) is 127 cm³/mol. The van der Waals surface area contributed by atoms with Crippen LogP contribution in [0.2, 0.25) is 0 Å². The standard InChI is InChI=1S/C28H27NO3/c1-2-28(30)32-20-6-4-3-5-19-31-27-17-15-26(16-18-27)25-13-11-24(12-14-25)23-9-7-22(21-29)8-10-23/h2,7-18H,1,3-6,19-20H2. The molecule has 0 N–H and O–H groups in total. The topological polar surface area (TPSA) is 59.3 Å². The zero-order valence-corrected chi connectivity index (χ0v) is 18.1. The highest BCUT2D eigenvalue weighted by Gasteiger charge is 2.02. The van der Waals surface area contributed by atoms with E-state index in [0.29, 0.717) is 18.8 Å². The fourth-order valence-corrected chi connectivity index (χ4v) is 3.32. The van der Waals surface area contributed by atoms with Crippen LogP contribution in [0.3, 0.4) is 0 Å². The van der Waals surface area contributed by atoms with Crippen LogP contribution in [0.4, 0.5) is 0 Å². The molecule has 0 spiro atoms. The Morgan fingerprint density at radius 3 is 1.72 bits per heavy atom. The van der Waals surface area contributed by atoms with E-state index < -0.39 is 0 Å². The van der Waals surface area contributed by atoms with Gasteiger partial charge >= 0.3 is 5.97 Å². The van der Waals surface area contributed by atoms with Crippen molar-refractivity contribution in [1.82, 2.24) is 0 Å². The van der Waals surface area contributed by atoms with Crippen molar-refractivity contribution in [1.29, 1.82) is 5.26 Å². The number of hydrogen-bond donors (Lipinski definition) is 0. The molecule has 0 aromatic heterocycles. The van der Waals surface area contributed by atoms with Gasteiger partial charge in [0.25, 0.3) is 0 Å². The molecule has 0 bridgehead atoms. The third kappa shape index (κ3) is 6.85. The predicted octanol–water partition coefficient (Wildman–Crippen LogP) is 6.56. The van der Waals surface area contributed by atoms with Crippen molar-refractivity contribution in [2.24, 2.45) is 0 Å². The summed E-state index contributed by atoms with van der Waals surface area (Å²) in [4.78, 5) is 10.9. The van der Waals surface area contributed by atoms with E-state index in [1.165, 1.54) is 6.08 Å². The van der Waals surface area contributed by atoms with Crippen LogP contribution in [0.5, 0.6) is 5.75 Å². The third-order valence-electron chi connectivity index (χ3n) is 5.14. The molecule has 0 aliphatic heterocycles. The average Bonchev–Trinajstić information content (AvgIpc) is 2.86. The van der Waals surface area contributed by atoms with Gasteiger partial charge in [-0.1, -0.05) is 55.1 Å². The van der Waals surface area contributed by atoms with Crippen molar-refractivity contribution in [3.8, 4) is 34.1 Å². The van der Waals surface area contributed by atoms with E-state index in [1.54, 1.807) is 0 Å². The summed E-state index contributed by atoms with van der Waals surface area (Å²) in [6, 6.07) is 26.3. The summed E-state index contributed by atoms with van der Waals surface area (Å²) in [5.74, 6) is 0.502. The molecule has 32 heavy (non-hydrogen) atoms. The molecule has 0 radical (unpaired) electrons. The number of esters is 1. The molecule has 4 heteroatoms. The second-order valence-corrected chi connectivity index (χ2v) is 7.43. The van der Waals surface area contributed by atoms with Gasteiger partial charge in [-0.3, -0.25) is 0 Å². The van der Waals surface area contributed by atoms with Gasteiger partial charge in [0.1, 0.15) is 5.75 Å². The second kappa shape index (κ2) is 12.1. The minimum absolute atomic E-state index is 0.362. The SMILES string of the molecule is C=CC(=O)OCCCCCCOc1ccc(-c2ccc(-c3ccc(C#N)cc3)cc2)cc1. The summed E-state index contributed by atoms with van der Waals surface area (Å²) in [7, 11) is 0. The van der Waals surface area contributed by atoms with Crippen LogP contribution in [0.15, 0.2) is 85.5 Å². The van der Waals surface area contributed by atoms with Crippen LogP contribution in [0.1, 0.15) is 31.2 Å². The number of hydrogen-bond acceptors (Lipinski definition) is 4. The minimum atomic E-state index is -0.362. The first-order valence-electron chi connectivity index (χ1n) is 10.8. The first-order valence-corrected chi connectivity index (χ1v) is 10.8. The second-order valence-electron chi connectivity index (χ2n) is 7.43. The molecule has 0 saturated heterocycles. The first kappa shape index (κ1) is 22.8. The highest BCUT2D eigenvalue weighted by atomic mass is 16.5. The molecular weight excluding hydrogens is 398 g/mol. The number of carbonyl (C=O) groups is 1. The van der Waals surface area contributed by atoms with Crippen LogP contribution in [0, 0.1) is 11.3 Å². The van der Waals surface area contributed by atoms with Gasteiger partial charge < -0.3 is 9.47 Å². The van der Waals surface area contributed by atoms with Crippen LogP contribution >= 0.6 is 0 Å². The Bertz CT molecular complexity index is 1050. The van der Waals surface area contributed by atoms with E-state index in [0.717, 1.165) is 53.7 Å². The minimum Gasteiger partial charge on any atom is -0.494 e. The van der Waals surface area contributed by atoms with Crippen molar-refractivity contribution >= 4 is 5.97 Å². The number of benzene rings is 3. The quantitative estimate of drug-likeness (QED) is 0.198. The molecule has 3 aromatic carbocycles. The smallest absolute Gasteiger partial charge is 0.330 e. The third-order valence-corrected chi connectivity index (χ3v) is 5.14.